The van der Waals surface area contributed by atoms with Gasteiger partial charge in [0.25, 0.3) is 11.8 Å². The van der Waals surface area contributed by atoms with Crippen molar-refractivity contribution in [3.05, 3.63) is 82.8 Å². The molecule has 0 saturated carbocycles. The zero-order valence-corrected chi connectivity index (χ0v) is 19.6. The highest BCUT2D eigenvalue weighted by molar-refractivity contribution is 6.04. The molecule has 0 aliphatic heterocycles. The van der Waals surface area contributed by atoms with Crippen molar-refractivity contribution in [2.24, 2.45) is 0 Å². The van der Waals surface area contributed by atoms with Crippen LogP contribution in [-0.4, -0.2) is 50.5 Å². The third-order valence-electron chi connectivity index (χ3n) is 4.86. The van der Waals surface area contributed by atoms with Crippen LogP contribution < -0.4 is 10.6 Å². The number of carbonyl (C=O) groups is 5. The summed E-state index contributed by atoms with van der Waals surface area (Å²) < 4.78 is 19.4. The third-order valence-corrected chi connectivity index (χ3v) is 4.86. The van der Waals surface area contributed by atoms with E-state index in [0.717, 1.165) is 0 Å². The number of nitrogens with one attached hydrogen (secondary N) is 2. The second kappa shape index (κ2) is 11.5. The van der Waals surface area contributed by atoms with Gasteiger partial charge in [-0.3, -0.25) is 9.59 Å². The van der Waals surface area contributed by atoms with Gasteiger partial charge in [-0.15, -0.1) is 0 Å². The molecule has 0 fully saturated rings. The number of carbonyl (C=O) groups excluding carboxylic acids is 5. The summed E-state index contributed by atoms with van der Waals surface area (Å²) in [4.78, 5) is 60.9. The molecule has 11 heteroatoms. The lowest BCUT2D eigenvalue weighted by molar-refractivity contribution is -0.119. The maximum atomic E-state index is 12.5. The molecule has 2 amide bonds. The fourth-order valence-electron chi connectivity index (χ4n) is 3.06. The molecule has 36 heavy (non-hydrogen) atoms. The van der Waals surface area contributed by atoms with Crippen molar-refractivity contribution in [2.45, 2.75) is 6.92 Å². The molecule has 11 nitrogen and oxygen atoms in total. The lowest BCUT2D eigenvalue weighted by atomic mass is 10.1. The smallest absolute Gasteiger partial charge is 0.338 e. The standard InChI is InChI=1S/C25H22N2O9/c1-14-6-7-15(12-19(14)27-22(29)20-5-4-8-35-20)25(32)36-13-21(28)26-18-10-16(23(30)33-2)9-17(11-18)24(31)34-3/h4-12H,13H2,1-3H3,(H,26,28)(H,27,29). The molecule has 0 bridgehead atoms. The third kappa shape index (κ3) is 6.35. The average Bonchev–Trinajstić information content (AvgIpc) is 3.42. The van der Waals surface area contributed by atoms with E-state index in [1.54, 1.807) is 19.1 Å². The van der Waals surface area contributed by atoms with E-state index in [1.807, 2.05) is 0 Å². The number of anilines is 2. The van der Waals surface area contributed by atoms with Crippen LogP contribution in [0.25, 0.3) is 0 Å². The topological polar surface area (TPSA) is 150 Å². The van der Waals surface area contributed by atoms with E-state index in [0.29, 0.717) is 11.3 Å². The van der Waals surface area contributed by atoms with Crippen LogP contribution in [0, 0.1) is 6.92 Å². The number of esters is 3. The van der Waals surface area contributed by atoms with Gasteiger partial charge >= 0.3 is 17.9 Å². The summed E-state index contributed by atoms with van der Waals surface area (Å²) >= 11 is 0. The normalized spacial score (nSPS) is 10.2. The highest BCUT2D eigenvalue weighted by atomic mass is 16.5. The summed E-state index contributed by atoms with van der Waals surface area (Å²) in [5.41, 5.74) is 1.27. The van der Waals surface area contributed by atoms with Crippen molar-refractivity contribution < 1.29 is 42.6 Å². The Labute approximate surface area is 205 Å². The van der Waals surface area contributed by atoms with Gasteiger partial charge in [-0.25, -0.2) is 14.4 Å². The number of benzene rings is 2. The molecule has 0 atom stereocenters. The van der Waals surface area contributed by atoms with Crippen molar-refractivity contribution in [1.82, 2.24) is 0 Å². The molecule has 186 valence electrons. The Bertz CT molecular complexity index is 1280. The van der Waals surface area contributed by atoms with E-state index in [4.69, 9.17) is 9.15 Å². The average molecular weight is 494 g/mol. The van der Waals surface area contributed by atoms with Crippen LogP contribution >= 0.6 is 0 Å². The molecular formula is C25H22N2O9. The number of rotatable bonds is 8. The first-order chi connectivity index (χ1) is 17.2. The van der Waals surface area contributed by atoms with Crippen molar-refractivity contribution in [3.8, 4) is 0 Å². The van der Waals surface area contributed by atoms with Crippen LogP contribution in [0.2, 0.25) is 0 Å². The highest BCUT2D eigenvalue weighted by Gasteiger charge is 2.17. The number of hydrogen-bond donors (Lipinski definition) is 2. The first-order valence-corrected chi connectivity index (χ1v) is 10.5. The number of methoxy groups -OCH3 is 2. The van der Waals surface area contributed by atoms with Gasteiger partial charge in [-0.2, -0.15) is 0 Å². The molecule has 3 aromatic rings. The highest BCUT2D eigenvalue weighted by Crippen LogP contribution is 2.20. The predicted molar refractivity (Wildman–Crippen MR) is 126 cm³/mol. The summed E-state index contributed by atoms with van der Waals surface area (Å²) in [5.74, 6) is -3.37. The zero-order valence-electron chi connectivity index (χ0n) is 19.6. The Morgan fingerprint density at radius 2 is 1.47 bits per heavy atom. The molecule has 2 N–H and O–H groups in total. The van der Waals surface area contributed by atoms with Crippen LogP contribution in [0.1, 0.15) is 47.2 Å². The summed E-state index contributed by atoms with van der Waals surface area (Å²) in [6.07, 6.45) is 1.36. The van der Waals surface area contributed by atoms with Crippen molar-refractivity contribution in [2.75, 3.05) is 31.5 Å². The second-order valence-corrected chi connectivity index (χ2v) is 7.37. The van der Waals surface area contributed by atoms with E-state index in [1.165, 1.54) is 56.9 Å². The van der Waals surface area contributed by atoms with Gasteiger partial charge in [0.1, 0.15) is 0 Å². The van der Waals surface area contributed by atoms with Gasteiger partial charge < -0.3 is 29.3 Å². The Morgan fingerprint density at radius 3 is 2.06 bits per heavy atom. The molecule has 0 saturated heterocycles. The maximum absolute atomic E-state index is 12.5. The molecule has 1 aromatic heterocycles. The Kier molecular flexibility index (Phi) is 8.18. The summed E-state index contributed by atoms with van der Waals surface area (Å²) in [6, 6.07) is 11.4. The van der Waals surface area contributed by atoms with Crippen LogP contribution in [0.4, 0.5) is 11.4 Å². The van der Waals surface area contributed by atoms with Gasteiger partial charge in [-0.05, 0) is 55.0 Å². The quantitative estimate of drug-likeness (QED) is 0.355. The SMILES string of the molecule is COC(=O)c1cc(NC(=O)COC(=O)c2ccc(C)c(NC(=O)c3ccco3)c2)cc(C(=O)OC)c1. The van der Waals surface area contributed by atoms with Gasteiger partial charge in [0.05, 0.1) is 37.2 Å². The molecule has 0 aliphatic rings. The van der Waals surface area contributed by atoms with Crippen molar-refractivity contribution >= 4 is 41.1 Å². The molecular weight excluding hydrogens is 472 g/mol. The molecule has 0 spiro atoms. The monoisotopic (exact) mass is 494 g/mol. The molecule has 1 heterocycles. The number of hydrogen-bond acceptors (Lipinski definition) is 9. The first-order valence-electron chi connectivity index (χ1n) is 10.5. The molecule has 0 radical (unpaired) electrons. The molecule has 0 unspecified atom stereocenters. The number of amides is 2. The van der Waals surface area contributed by atoms with Gasteiger partial charge in [-0.1, -0.05) is 6.07 Å². The van der Waals surface area contributed by atoms with Gasteiger partial charge in [0.15, 0.2) is 12.4 Å². The Balaban J connectivity index is 1.66. The predicted octanol–water partition coefficient (Wildman–Crippen LogP) is 3.21. The van der Waals surface area contributed by atoms with Crippen molar-refractivity contribution in [3.63, 3.8) is 0 Å². The summed E-state index contributed by atoms with van der Waals surface area (Å²) in [5, 5.41) is 5.10. The zero-order chi connectivity index (χ0) is 26.2. The minimum Gasteiger partial charge on any atom is -0.465 e. The van der Waals surface area contributed by atoms with Crippen molar-refractivity contribution in [1.29, 1.82) is 0 Å². The maximum Gasteiger partial charge on any atom is 0.338 e. The minimum absolute atomic E-state index is 0.0106. The first kappa shape index (κ1) is 25.7. The lowest BCUT2D eigenvalue weighted by Gasteiger charge is -2.11. The van der Waals surface area contributed by atoms with Crippen LogP contribution in [0.3, 0.4) is 0 Å². The number of furan rings is 1. The Morgan fingerprint density at radius 1 is 0.806 bits per heavy atom. The van der Waals surface area contributed by atoms with Gasteiger partial charge in [0, 0.05) is 11.4 Å². The fraction of sp³-hybridized carbons (Fsp3) is 0.160. The molecule has 0 aliphatic carbocycles. The summed E-state index contributed by atoms with van der Waals surface area (Å²) in [7, 11) is 2.34. The minimum atomic E-state index is -0.808. The van der Waals surface area contributed by atoms with E-state index in [9.17, 15) is 24.0 Å². The van der Waals surface area contributed by atoms with E-state index in [-0.39, 0.29) is 28.1 Å². The lowest BCUT2D eigenvalue weighted by Crippen LogP contribution is -2.21. The van der Waals surface area contributed by atoms with E-state index in [2.05, 4.69) is 20.1 Å². The summed E-state index contributed by atoms with van der Waals surface area (Å²) in [6.45, 7) is 1.09. The van der Waals surface area contributed by atoms with E-state index >= 15 is 0 Å². The largest absolute Gasteiger partial charge is 0.465 e. The number of ether oxygens (including phenoxy) is 3. The van der Waals surface area contributed by atoms with Crippen LogP contribution in [0.5, 0.6) is 0 Å². The second-order valence-electron chi connectivity index (χ2n) is 7.37. The van der Waals surface area contributed by atoms with E-state index < -0.39 is 36.3 Å². The molecule has 2 aromatic carbocycles. The number of aryl methyl sites for hydroxylation is 1. The van der Waals surface area contributed by atoms with Crippen LogP contribution in [-0.2, 0) is 19.0 Å². The molecule has 3 rings (SSSR count). The fourth-order valence-corrected chi connectivity index (χ4v) is 3.06. The van der Waals surface area contributed by atoms with Gasteiger partial charge in [0.2, 0.25) is 0 Å². The Hall–Kier alpha value is -4.93. The van der Waals surface area contributed by atoms with Crippen LogP contribution in [0.15, 0.2) is 59.2 Å².